The summed E-state index contributed by atoms with van der Waals surface area (Å²) >= 11 is 0. The number of carbonyl (C=O) groups is 1. The lowest BCUT2D eigenvalue weighted by Crippen LogP contribution is -2.49. The van der Waals surface area contributed by atoms with E-state index in [1.54, 1.807) is 10.9 Å². The SMILES string of the molecule is O=C(C1CCCN1C1CC1)N1CCC(n2cn[nH]c2=O)CC1. The first-order valence-corrected chi connectivity index (χ1v) is 8.40. The van der Waals surface area contributed by atoms with Crippen LogP contribution in [0.4, 0.5) is 0 Å². The molecule has 3 heterocycles. The van der Waals surface area contributed by atoms with Gasteiger partial charge >= 0.3 is 5.69 Å². The molecule has 120 valence electrons. The molecule has 1 amide bonds. The van der Waals surface area contributed by atoms with E-state index in [1.807, 2.05) is 4.90 Å². The Bertz CT molecular complexity index is 597. The number of likely N-dealkylation sites (tertiary alicyclic amines) is 2. The lowest BCUT2D eigenvalue weighted by atomic mass is 10.0. The van der Waals surface area contributed by atoms with E-state index < -0.39 is 0 Å². The predicted molar refractivity (Wildman–Crippen MR) is 80.4 cm³/mol. The van der Waals surface area contributed by atoms with Crippen molar-refractivity contribution in [1.82, 2.24) is 24.6 Å². The zero-order chi connectivity index (χ0) is 15.1. The Morgan fingerprint density at radius 2 is 1.86 bits per heavy atom. The largest absolute Gasteiger partial charge is 0.343 e. The highest BCUT2D eigenvalue weighted by Gasteiger charge is 2.41. The lowest BCUT2D eigenvalue weighted by Gasteiger charge is -2.35. The van der Waals surface area contributed by atoms with Crippen LogP contribution in [0.15, 0.2) is 11.1 Å². The lowest BCUT2D eigenvalue weighted by molar-refractivity contribution is -0.137. The molecule has 1 saturated carbocycles. The van der Waals surface area contributed by atoms with Crippen molar-refractivity contribution in [3.8, 4) is 0 Å². The highest BCUT2D eigenvalue weighted by Crippen LogP contribution is 2.34. The van der Waals surface area contributed by atoms with Gasteiger partial charge in [0.25, 0.3) is 0 Å². The summed E-state index contributed by atoms with van der Waals surface area (Å²) in [6.45, 7) is 2.58. The van der Waals surface area contributed by atoms with Crippen molar-refractivity contribution in [2.75, 3.05) is 19.6 Å². The molecule has 2 aliphatic heterocycles. The van der Waals surface area contributed by atoms with Gasteiger partial charge in [-0.05, 0) is 45.1 Å². The molecule has 3 aliphatic rings. The smallest absolute Gasteiger partial charge is 0.341 e. The first kappa shape index (κ1) is 14.0. The average molecular weight is 305 g/mol. The van der Waals surface area contributed by atoms with E-state index >= 15 is 0 Å². The molecule has 7 heteroatoms. The summed E-state index contributed by atoms with van der Waals surface area (Å²) in [5.41, 5.74) is -0.152. The molecule has 0 bridgehead atoms. The molecule has 0 spiro atoms. The molecule has 2 saturated heterocycles. The third kappa shape index (κ3) is 2.47. The molecule has 0 radical (unpaired) electrons. The Morgan fingerprint density at radius 3 is 2.50 bits per heavy atom. The van der Waals surface area contributed by atoms with Gasteiger partial charge in [-0.1, -0.05) is 0 Å². The van der Waals surface area contributed by atoms with Gasteiger partial charge in [0.1, 0.15) is 6.33 Å². The number of H-pyrrole nitrogens is 1. The highest BCUT2D eigenvalue weighted by atomic mass is 16.2. The molecule has 4 rings (SSSR count). The molecule has 0 aromatic carbocycles. The second kappa shape index (κ2) is 5.53. The molecule has 1 aliphatic carbocycles. The van der Waals surface area contributed by atoms with E-state index in [1.165, 1.54) is 12.8 Å². The van der Waals surface area contributed by atoms with Crippen LogP contribution in [0.5, 0.6) is 0 Å². The Kier molecular flexibility index (Phi) is 3.52. The Hall–Kier alpha value is -1.63. The fraction of sp³-hybridized carbons (Fsp3) is 0.800. The van der Waals surface area contributed by atoms with Crippen molar-refractivity contribution >= 4 is 5.91 Å². The number of rotatable bonds is 3. The number of nitrogens with zero attached hydrogens (tertiary/aromatic N) is 4. The van der Waals surface area contributed by atoms with Gasteiger partial charge in [-0.3, -0.25) is 14.3 Å². The van der Waals surface area contributed by atoms with Crippen molar-refractivity contribution in [1.29, 1.82) is 0 Å². The molecule has 22 heavy (non-hydrogen) atoms. The number of piperidine rings is 1. The quantitative estimate of drug-likeness (QED) is 0.875. The van der Waals surface area contributed by atoms with E-state index in [9.17, 15) is 9.59 Å². The van der Waals surface area contributed by atoms with Gasteiger partial charge in [0.05, 0.1) is 6.04 Å². The number of hydrogen-bond donors (Lipinski definition) is 1. The summed E-state index contributed by atoms with van der Waals surface area (Å²) in [5.74, 6) is 0.308. The number of hydrogen-bond acceptors (Lipinski definition) is 4. The van der Waals surface area contributed by atoms with Gasteiger partial charge in [-0.25, -0.2) is 9.89 Å². The summed E-state index contributed by atoms with van der Waals surface area (Å²) in [7, 11) is 0. The maximum absolute atomic E-state index is 12.8. The van der Waals surface area contributed by atoms with Crippen LogP contribution in [-0.2, 0) is 4.79 Å². The minimum atomic E-state index is -0.152. The van der Waals surface area contributed by atoms with Crippen molar-refractivity contribution in [3.05, 3.63) is 16.8 Å². The minimum Gasteiger partial charge on any atom is -0.341 e. The second-order valence-electron chi connectivity index (χ2n) is 6.75. The molecule has 7 nitrogen and oxygen atoms in total. The van der Waals surface area contributed by atoms with Crippen LogP contribution >= 0.6 is 0 Å². The van der Waals surface area contributed by atoms with E-state index in [-0.39, 0.29) is 17.8 Å². The van der Waals surface area contributed by atoms with E-state index in [2.05, 4.69) is 15.1 Å². The van der Waals surface area contributed by atoms with Gasteiger partial charge < -0.3 is 4.90 Å². The van der Waals surface area contributed by atoms with Gasteiger partial charge in [-0.2, -0.15) is 5.10 Å². The Labute approximate surface area is 129 Å². The normalized spacial score (nSPS) is 27.5. The zero-order valence-electron chi connectivity index (χ0n) is 12.8. The summed E-state index contributed by atoms with van der Waals surface area (Å²) in [6.07, 6.45) is 7.91. The predicted octanol–water partition coefficient (Wildman–Crippen LogP) is 0.362. The Balaban J connectivity index is 1.38. The van der Waals surface area contributed by atoms with Crippen LogP contribution in [-0.4, -0.2) is 62.2 Å². The monoisotopic (exact) mass is 305 g/mol. The maximum atomic E-state index is 12.8. The van der Waals surface area contributed by atoms with Crippen LogP contribution in [0.2, 0.25) is 0 Å². The van der Waals surface area contributed by atoms with Crippen LogP contribution in [0.25, 0.3) is 0 Å². The topological polar surface area (TPSA) is 74.2 Å². The number of aromatic amines is 1. The van der Waals surface area contributed by atoms with E-state index in [0.717, 1.165) is 45.3 Å². The van der Waals surface area contributed by atoms with Crippen molar-refractivity contribution < 1.29 is 4.79 Å². The molecular weight excluding hydrogens is 282 g/mol. The Morgan fingerprint density at radius 1 is 1.09 bits per heavy atom. The highest BCUT2D eigenvalue weighted by molar-refractivity contribution is 5.82. The molecule has 1 atom stereocenters. The number of aromatic nitrogens is 3. The van der Waals surface area contributed by atoms with Gasteiger partial charge in [0.2, 0.25) is 5.91 Å². The van der Waals surface area contributed by atoms with Gasteiger partial charge in [0, 0.05) is 25.2 Å². The molecular formula is C15H23N5O2. The van der Waals surface area contributed by atoms with Gasteiger partial charge in [-0.15, -0.1) is 0 Å². The number of nitrogens with one attached hydrogen (secondary N) is 1. The van der Waals surface area contributed by atoms with Crippen molar-refractivity contribution in [2.45, 2.75) is 56.7 Å². The van der Waals surface area contributed by atoms with Crippen LogP contribution < -0.4 is 5.69 Å². The minimum absolute atomic E-state index is 0.112. The van der Waals surface area contributed by atoms with E-state index in [0.29, 0.717) is 11.9 Å². The average Bonchev–Trinajstić information content (AvgIpc) is 3.11. The van der Waals surface area contributed by atoms with Gasteiger partial charge in [0.15, 0.2) is 0 Å². The first-order valence-electron chi connectivity index (χ1n) is 8.40. The molecule has 1 aromatic rings. The van der Waals surface area contributed by atoms with Crippen LogP contribution in [0, 0.1) is 0 Å². The first-order chi connectivity index (χ1) is 10.7. The van der Waals surface area contributed by atoms with Crippen molar-refractivity contribution in [2.24, 2.45) is 0 Å². The summed E-state index contributed by atoms with van der Waals surface area (Å²) in [6, 6.07) is 0.942. The summed E-state index contributed by atoms with van der Waals surface area (Å²) in [4.78, 5) is 28.9. The summed E-state index contributed by atoms with van der Waals surface area (Å²) in [5, 5.41) is 6.23. The molecule has 1 unspecified atom stereocenters. The number of amides is 1. The van der Waals surface area contributed by atoms with Crippen molar-refractivity contribution in [3.63, 3.8) is 0 Å². The molecule has 1 N–H and O–H groups in total. The summed E-state index contributed by atoms with van der Waals surface area (Å²) < 4.78 is 1.66. The molecule has 3 fully saturated rings. The second-order valence-corrected chi connectivity index (χ2v) is 6.75. The standard InChI is InChI=1S/C15H23N5O2/c21-14(13-2-1-7-19(13)11-3-4-11)18-8-5-12(6-9-18)20-10-16-17-15(20)22/h10-13H,1-9H2,(H,17,22). The third-order valence-corrected chi connectivity index (χ3v) is 5.34. The molecule has 1 aromatic heterocycles. The fourth-order valence-corrected chi connectivity index (χ4v) is 3.99. The van der Waals surface area contributed by atoms with Crippen LogP contribution in [0.1, 0.15) is 44.6 Å². The maximum Gasteiger partial charge on any atom is 0.343 e. The fourth-order valence-electron chi connectivity index (χ4n) is 3.99. The third-order valence-electron chi connectivity index (χ3n) is 5.34. The van der Waals surface area contributed by atoms with Crippen LogP contribution in [0.3, 0.4) is 0 Å². The zero-order valence-corrected chi connectivity index (χ0v) is 12.8. The van der Waals surface area contributed by atoms with E-state index in [4.69, 9.17) is 0 Å². The number of carbonyl (C=O) groups excluding carboxylic acids is 1.